The Hall–Kier alpha value is -0.860. The second-order valence-electron chi connectivity index (χ2n) is 4.75. The van der Waals surface area contributed by atoms with E-state index in [1.54, 1.807) is 0 Å². The van der Waals surface area contributed by atoms with Gasteiger partial charge >= 0.3 is 0 Å². The molecule has 16 heavy (non-hydrogen) atoms. The molecule has 2 heteroatoms. The van der Waals surface area contributed by atoms with Crippen molar-refractivity contribution in [3.63, 3.8) is 0 Å². The molecule has 3 N–H and O–H groups in total. The number of rotatable bonds is 3. The SMILES string of the molecule is CCCc1ccc(C2CCNCC2N)cc1. The van der Waals surface area contributed by atoms with Gasteiger partial charge in [-0.1, -0.05) is 37.6 Å². The smallest absolute Gasteiger partial charge is 0.0235 e. The lowest BCUT2D eigenvalue weighted by Gasteiger charge is -2.29. The van der Waals surface area contributed by atoms with E-state index in [9.17, 15) is 0 Å². The Morgan fingerprint density at radius 1 is 1.31 bits per heavy atom. The second-order valence-corrected chi connectivity index (χ2v) is 4.75. The summed E-state index contributed by atoms with van der Waals surface area (Å²) in [5, 5.41) is 3.34. The minimum absolute atomic E-state index is 0.269. The van der Waals surface area contributed by atoms with Crippen LogP contribution in [0.1, 0.15) is 36.8 Å². The van der Waals surface area contributed by atoms with E-state index in [-0.39, 0.29) is 6.04 Å². The molecule has 1 aliphatic heterocycles. The summed E-state index contributed by atoms with van der Waals surface area (Å²) < 4.78 is 0. The zero-order valence-corrected chi connectivity index (χ0v) is 10.1. The van der Waals surface area contributed by atoms with Crippen LogP contribution in [0.25, 0.3) is 0 Å². The number of aryl methyl sites for hydroxylation is 1. The van der Waals surface area contributed by atoms with Crippen LogP contribution in [0.2, 0.25) is 0 Å². The average molecular weight is 218 g/mol. The normalized spacial score (nSPS) is 25.6. The summed E-state index contributed by atoms with van der Waals surface area (Å²) in [7, 11) is 0. The lowest BCUT2D eigenvalue weighted by Crippen LogP contribution is -2.44. The van der Waals surface area contributed by atoms with Crippen LogP contribution in [0, 0.1) is 0 Å². The van der Waals surface area contributed by atoms with Crippen molar-refractivity contribution in [1.29, 1.82) is 0 Å². The van der Waals surface area contributed by atoms with Gasteiger partial charge in [0.05, 0.1) is 0 Å². The first-order chi connectivity index (χ1) is 7.81. The highest BCUT2D eigenvalue weighted by Gasteiger charge is 2.22. The van der Waals surface area contributed by atoms with Gasteiger partial charge in [0.2, 0.25) is 0 Å². The third kappa shape index (κ3) is 2.63. The fourth-order valence-electron chi connectivity index (χ4n) is 2.52. The Morgan fingerprint density at radius 2 is 2.06 bits per heavy atom. The summed E-state index contributed by atoms with van der Waals surface area (Å²) in [6.07, 6.45) is 3.55. The minimum Gasteiger partial charge on any atom is -0.326 e. The molecule has 1 aromatic carbocycles. The van der Waals surface area contributed by atoms with Crippen molar-refractivity contribution >= 4 is 0 Å². The van der Waals surface area contributed by atoms with Crippen LogP contribution in [-0.2, 0) is 6.42 Å². The molecule has 2 rings (SSSR count). The number of piperidine rings is 1. The summed E-state index contributed by atoms with van der Waals surface area (Å²) in [5.74, 6) is 0.539. The standard InChI is InChI=1S/C14H22N2/c1-2-3-11-4-6-12(7-5-11)13-8-9-16-10-14(13)15/h4-7,13-14,16H,2-3,8-10,15H2,1H3. The zero-order chi connectivity index (χ0) is 11.4. The number of hydrogen-bond acceptors (Lipinski definition) is 2. The van der Waals surface area contributed by atoms with Crippen LogP contribution in [0.15, 0.2) is 24.3 Å². The number of nitrogens with two attached hydrogens (primary N) is 1. The molecule has 2 atom stereocenters. The predicted octanol–water partition coefficient (Wildman–Crippen LogP) is 2.04. The van der Waals surface area contributed by atoms with Gasteiger partial charge in [-0.05, 0) is 30.5 Å². The molecule has 1 aliphatic rings. The molecule has 1 saturated heterocycles. The van der Waals surface area contributed by atoms with Gasteiger partial charge in [0, 0.05) is 18.5 Å². The van der Waals surface area contributed by atoms with E-state index >= 15 is 0 Å². The van der Waals surface area contributed by atoms with E-state index in [2.05, 4.69) is 36.5 Å². The molecular weight excluding hydrogens is 196 g/mol. The quantitative estimate of drug-likeness (QED) is 0.815. The molecule has 2 unspecified atom stereocenters. The maximum absolute atomic E-state index is 6.15. The van der Waals surface area contributed by atoms with Crippen LogP contribution in [0.3, 0.4) is 0 Å². The minimum atomic E-state index is 0.269. The molecule has 1 aromatic rings. The van der Waals surface area contributed by atoms with Crippen LogP contribution in [0.5, 0.6) is 0 Å². The lowest BCUT2D eigenvalue weighted by atomic mass is 9.86. The largest absolute Gasteiger partial charge is 0.326 e. The first kappa shape index (κ1) is 11.6. The highest BCUT2D eigenvalue weighted by atomic mass is 14.9. The Kier molecular flexibility index (Phi) is 3.97. The summed E-state index contributed by atoms with van der Waals surface area (Å²) in [6, 6.07) is 9.31. The molecule has 0 aromatic heterocycles. The van der Waals surface area contributed by atoms with E-state index in [1.165, 1.54) is 24.0 Å². The van der Waals surface area contributed by atoms with Gasteiger partial charge in [0.1, 0.15) is 0 Å². The Bertz CT molecular complexity index is 318. The van der Waals surface area contributed by atoms with Crippen molar-refractivity contribution < 1.29 is 0 Å². The summed E-state index contributed by atoms with van der Waals surface area (Å²) >= 11 is 0. The number of nitrogens with one attached hydrogen (secondary N) is 1. The van der Waals surface area contributed by atoms with Gasteiger partial charge in [-0.3, -0.25) is 0 Å². The number of hydrogen-bond donors (Lipinski definition) is 2. The first-order valence-electron chi connectivity index (χ1n) is 6.36. The second kappa shape index (κ2) is 5.46. The van der Waals surface area contributed by atoms with Crippen molar-refractivity contribution in [2.45, 2.75) is 38.1 Å². The van der Waals surface area contributed by atoms with Crippen molar-refractivity contribution in [3.05, 3.63) is 35.4 Å². The van der Waals surface area contributed by atoms with Gasteiger partial charge in [-0.2, -0.15) is 0 Å². The highest BCUT2D eigenvalue weighted by molar-refractivity contribution is 5.27. The molecule has 2 nitrogen and oxygen atoms in total. The summed E-state index contributed by atoms with van der Waals surface area (Å²) in [6.45, 7) is 4.26. The monoisotopic (exact) mass is 218 g/mol. The first-order valence-corrected chi connectivity index (χ1v) is 6.36. The maximum atomic E-state index is 6.15. The van der Waals surface area contributed by atoms with Crippen LogP contribution in [-0.4, -0.2) is 19.1 Å². The molecule has 1 fully saturated rings. The summed E-state index contributed by atoms with van der Waals surface area (Å²) in [4.78, 5) is 0. The van der Waals surface area contributed by atoms with Crippen molar-refractivity contribution in [1.82, 2.24) is 5.32 Å². The molecule has 0 saturated carbocycles. The highest BCUT2D eigenvalue weighted by Crippen LogP contribution is 2.24. The van der Waals surface area contributed by atoms with E-state index < -0.39 is 0 Å². The third-order valence-corrected chi connectivity index (χ3v) is 3.48. The molecular formula is C14H22N2. The maximum Gasteiger partial charge on any atom is 0.0235 e. The zero-order valence-electron chi connectivity index (χ0n) is 10.1. The average Bonchev–Trinajstić information content (AvgIpc) is 2.31. The molecule has 0 spiro atoms. The van der Waals surface area contributed by atoms with E-state index in [0.717, 1.165) is 19.5 Å². The molecule has 1 heterocycles. The van der Waals surface area contributed by atoms with Crippen molar-refractivity contribution in [3.8, 4) is 0 Å². The van der Waals surface area contributed by atoms with Gasteiger partial charge in [0.25, 0.3) is 0 Å². The Balaban J connectivity index is 2.08. The van der Waals surface area contributed by atoms with Crippen molar-refractivity contribution in [2.24, 2.45) is 5.73 Å². The molecule has 0 aliphatic carbocycles. The van der Waals surface area contributed by atoms with Gasteiger partial charge in [-0.25, -0.2) is 0 Å². The van der Waals surface area contributed by atoms with Crippen LogP contribution < -0.4 is 11.1 Å². The van der Waals surface area contributed by atoms with Crippen LogP contribution in [0.4, 0.5) is 0 Å². The lowest BCUT2D eigenvalue weighted by molar-refractivity contribution is 0.403. The molecule has 0 radical (unpaired) electrons. The van der Waals surface area contributed by atoms with Gasteiger partial charge < -0.3 is 11.1 Å². The molecule has 0 bridgehead atoms. The van der Waals surface area contributed by atoms with E-state index in [0.29, 0.717) is 5.92 Å². The predicted molar refractivity (Wildman–Crippen MR) is 68.6 cm³/mol. The Morgan fingerprint density at radius 3 is 2.69 bits per heavy atom. The number of benzene rings is 1. The van der Waals surface area contributed by atoms with Crippen molar-refractivity contribution in [2.75, 3.05) is 13.1 Å². The fourth-order valence-corrected chi connectivity index (χ4v) is 2.52. The van der Waals surface area contributed by atoms with E-state index in [1.807, 2.05) is 0 Å². The molecule has 88 valence electrons. The fraction of sp³-hybridized carbons (Fsp3) is 0.571. The third-order valence-electron chi connectivity index (χ3n) is 3.48. The summed E-state index contributed by atoms with van der Waals surface area (Å²) in [5.41, 5.74) is 8.99. The van der Waals surface area contributed by atoms with Crippen LogP contribution >= 0.6 is 0 Å². The van der Waals surface area contributed by atoms with E-state index in [4.69, 9.17) is 5.73 Å². The topological polar surface area (TPSA) is 38.0 Å². The van der Waals surface area contributed by atoms with Gasteiger partial charge in [0.15, 0.2) is 0 Å². The van der Waals surface area contributed by atoms with Gasteiger partial charge in [-0.15, -0.1) is 0 Å². The molecule has 0 amide bonds. The Labute approximate surface area is 98.2 Å².